The van der Waals surface area contributed by atoms with E-state index in [9.17, 15) is 10.2 Å². The lowest BCUT2D eigenvalue weighted by Crippen LogP contribution is -1.88. The van der Waals surface area contributed by atoms with Crippen molar-refractivity contribution >= 4 is 39.2 Å². The topological polar surface area (TPSA) is 132 Å². The molecule has 0 amide bonds. The fraction of sp³-hybridized carbons (Fsp3) is 0.269. The number of phenols is 1. The first kappa shape index (κ1) is 24.6. The average Bonchev–Trinajstić information content (AvgIpc) is 3.09. The van der Waals surface area contributed by atoms with Crippen molar-refractivity contribution in [1.29, 1.82) is 0 Å². The predicted octanol–water partition coefficient (Wildman–Crippen LogP) is 8.07. The molecule has 10 heteroatoms. The molecule has 0 radical (unpaired) electrons. The summed E-state index contributed by atoms with van der Waals surface area (Å²) in [4.78, 5) is 0. The van der Waals surface area contributed by atoms with E-state index < -0.39 is 0 Å². The fourth-order valence-electron chi connectivity index (χ4n) is 4.08. The number of phenolic OH excluding ortho intramolecular Hbond substituents is 1. The summed E-state index contributed by atoms with van der Waals surface area (Å²) in [5.74, 6) is -0.0144. The number of nitrogens with zero attached hydrogens (tertiary/aromatic N) is 8. The molecule has 0 bridgehead atoms. The Morgan fingerprint density at radius 2 is 1.33 bits per heavy atom. The zero-order valence-electron chi connectivity index (χ0n) is 21.4. The van der Waals surface area contributed by atoms with Gasteiger partial charge in [-0.2, -0.15) is 20.4 Å². The van der Waals surface area contributed by atoms with Crippen LogP contribution in [0.2, 0.25) is 0 Å². The number of aromatic hydroxyl groups is 2. The Kier molecular flexibility index (Phi) is 6.61. The van der Waals surface area contributed by atoms with Gasteiger partial charge in [-0.3, -0.25) is 0 Å². The summed E-state index contributed by atoms with van der Waals surface area (Å²) in [6.07, 6.45) is 0. The van der Waals surface area contributed by atoms with Crippen LogP contribution in [0, 0.1) is 34.6 Å². The van der Waals surface area contributed by atoms with Gasteiger partial charge in [0.25, 0.3) is 0 Å². The number of aryl methyl sites for hydroxylation is 4. The first-order valence-electron chi connectivity index (χ1n) is 11.4. The van der Waals surface area contributed by atoms with E-state index in [2.05, 4.69) is 35.8 Å². The molecule has 0 fully saturated rings. The van der Waals surface area contributed by atoms with Crippen LogP contribution in [0.4, 0.5) is 28.4 Å². The van der Waals surface area contributed by atoms with Crippen LogP contribution in [0.1, 0.15) is 27.9 Å². The first-order valence-corrected chi connectivity index (χ1v) is 11.4. The molecule has 4 rings (SSSR count). The van der Waals surface area contributed by atoms with E-state index in [0.717, 1.165) is 39.0 Å². The zero-order valence-corrected chi connectivity index (χ0v) is 21.4. The maximum absolute atomic E-state index is 11.0. The second-order valence-corrected chi connectivity index (χ2v) is 8.63. The van der Waals surface area contributed by atoms with Crippen LogP contribution in [0.25, 0.3) is 10.8 Å². The summed E-state index contributed by atoms with van der Waals surface area (Å²) < 4.78 is 1.35. The van der Waals surface area contributed by atoms with Crippen molar-refractivity contribution in [2.45, 2.75) is 34.6 Å². The van der Waals surface area contributed by atoms with Crippen LogP contribution in [0.5, 0.6) is 11.6 Å². The van der Waals surface area contributed by atoms with Gasteiger partial charge in [0.15, 0.2) is 11.4 Å². The number of aromatic nitrogens is 2. The highest BCUT2D eigenvalue weighted by molar-refractivity contribution is 5.96. The van der Waals surface area contributed by atoms with Gasteiger partial charge in [-0.25, -0.2) is 4.68 Å². The Bertz CT molecular complexity index is 1580. The van der Waals surface area contributed by atoms with Crippen LogP contribution in [0.3, 0.4) is 0 Å². The van der Waals surface area contributed by atoms with Gasteiger partial charge in [0, 0.05) is 19.5 Å². The predicted molar refractivity (Wildman–Crippen MR) is 139 cm³/mol. The molecule has 0 atom stereocenters. The highest BCUT2D eigenvalue weighted by Crippen LogP contribution is 2.41. The molecule has 0 aliphatic heterocycles. The number of azo groups is 3. The summed E-state index contributed by atoms with van der Waals surface area (Å²) in [5, 5.41) is 52.0. The molecule has 0 saturated heterocycles. The van der Waals surface area contributed by atoms with Crippen LogP contribution in [-0.4, -0.2) is 27.0 Å². The van der Waals surface area contributed by atoms with Crippen molar-refractivity contribution in [1.82, 2.24) is 9.78 Å². The third kappa shape index (κ3) is 4.33. The van der Waals surface area contributed by atoms with Crippen LogP contribution < -0.4 is 0 Å². The van der Waals surface area contributed by atoms with Gasteiger partial charge in [0.2, 0.25) is 5.88 Å². The molecule has 0 saturated carbocycles. The summed E-state index contributed by atoms with van der Waals surface area (Å²) in [6.45, 7) is 9.54. The van der Waals surface area contributed by atoms with Crippen molar-refractivity contribution in [3.63, 3.8) is 0 Å². The smallest absolute Gasteiger partial charge is 0.237 e. The van der Waals surface area contributed by atoms with Crippen molar-refractivity contribution in [3.8, 4) is 11.6 Å². The molecule has 10 nitrogen and oxygen atoms in total. The number of hydrogen-bond acceptors (Lipinski definition) is 9. The molecule has 184 valence electrons. The molecule has 36 heavy (non-hydrogen) atoms. The molecule has 0 spiro atoms. The van der Waals surface area contributed by atoms with E-state index in [0.29, 0.717) is 28.1 Å². The summed E-state index contributed by atoms with van der Waals surface area (Å²) in [6, 6.07) is 9.06. The lowest BCUT2D eigenvalue weighted by molar-refractivity contribution is 0.420. The highest BCUT2D eigenvalue weighted by atomic mass is 16.3. The molecule has 4 aromatic rings. The third-order valence-corrected chi connectivity index (χ3v) is 6.30. The van der Waals surface area contributed by atoms with Crippen molar-refractivity contribution < 1.29 is 10.2 Å². The Labute approximate surface area is 208 Å². The Morgan fingerprint density at radius 3 is 2.00 bits per heavy atom. The van der Waals surface area contributed by atoms with Crippen LogP contribution in [-0.2, 0) is 7.05 Å². The Hall–Kier alpha value is -4.47. The monoisotopic (exact) mass is 484 g/mol. The normalized spacial score (nSPS) is 12.2. The number of fused-ring (bicyclic) bond motifs is 1. The Balaban J connectivity index is 1.70. The van der Waals surface area contributed by atoms with Gasteiger partial charge in [-0.05, 0) is 86.5 Å². The maximum atomic E-state index is 11.0. The summed E-state index contributed by atoms with van der Waals surface area (Å²) >= 11 is 0. The zero-order chi connectivity index (χ0) is 26.1. The number of hydrogen-bond donors (Lipinski definition) is 2. The minimum absolute atomic E-state index is 0.0343. The second kappa shape index (κ2) is 9.65. The molecule has 0 aliphatic rings. The fourth-order valence-corrected chi connectivity index (χ4v) is 4.08. The minimum Gasteiger partial charge on any atom is -0.505 e. The van der Waals surface area contributed by atoms with Crippen molar-refractivity contribution in [2.75, 3.05) is 7.05 Å². The van der Waals surface area contributed by atoms with Crippen LogP contribution in [0.15, 0.2) is 61.0 Å². The van der Waals surface area contributed by atoms with E-state index in [1.165, 1.54) is 4.68 Å². The lowest BCUT2D eigenvalue weighted by Gasteiger charge is -2.11. The largest absolute Gasteiger partial charge is 0.505 e. The third-order valence-electron chi connectivity index (χ3n) is 6.30. The standard InChI is InChI=1S/C26H28N8O2/c1-13-12-22(28-27-6)14(2)15(3)23(13)31-30-21-11-8-18-16(4)20(10-9-19(18)25(21)35)29-32-24-17(5)33-34(7)26(24)36/h8-12,35-36H,1-7H3. The quantitative estimate of drug-likeness (QED) is 0.277. The second-order valence-electron chi connectivity index (χ2n) is 8.63. The van der Waals surface area contributed by atoms with Crippen molar-refractivity contribution in [2.24, 2.45) is 37.7 Å². The first-order chi connectivity index (χ1) is 17.1. The van der Waals surface area contributed by atoms with Gasteiger partial charge in [-0.1, -0.05) is 6.07 Å². The average molecular weight is 485 g/mol. The molecular formula is C26H28N8O2. The van der Waals surface area contributed by atoms with Crippen LogP contribution >= 0.6 is 0 Å². The molecule has 2 N–H and O–H groups in total. The maximum Gasteiger partial charge on any atom is 0.237 e. The summed E-state index contributed by atoms with van der Waals surface area (Å²) in [7, 11) is 3.28. The molecule has 3 aromatic carbocycles. The van der Waals surface area contributed by atoms with Gasteiger partial charge in [-0.15, -0.1) is 15.3 Å². The molecule has 0 aliphatic carbocycles. The van der Waals surface area contributed by atoms with Gasteiger partial charge >= 0.3 is 0 Å². The van der Waals surface area contributed by atoms with Crippen molar-refractivity contribution in [3.05, 3.63) is 58.3 Å². The van der Waals surface area contributed by atoms with E-state index >= 15 is 0 Å². The molecule has 1 heterocycles. The molecule has 1 aromatic heterocycles. The van der Waals surface area contributed by atoms with Gasteiger partial charge in [0.05, 0.1) is 22.8 Å². The number of rotatable bonds is 5. The van der Waals surface area contributed by atoms with Gasteiger partial charge < -0.3 is 10.2 Å². The molecular weight excluding hydrogens is 456 g/mol. The molecule has 0 unspecified atom stereocenters. The lowest BCUT2D eigenvalue weighted by atomic mass is 10.0. The van der Waals surface area contributed by atoms with E-state index in [4.69, 9.17) is 0 Å². The van der Waals surface area contributed by atoms with E-state index in [1.807, 2.05) is 39.8 Å². The van der Waals surface area contributed by atoms with E-state index in [-0.39, 0.29) is 11.6 Å². The Morgan fingerprint density at radius 1 is 0.694 bits per heavy atom. The van der Waals surface area contributed by atoms with Gasteiger partial charge in [0.1, 0.15) is 5.69 Å². The SMILES string of the molecule is CN=Nc1cc(C)c(N=Nc2ccc3c(C)c(N=Nc4c(C)nn(C)c4O)ccc3c2O)c(C)c1C. The highest BCUT2D eigenvalue weighted by Gasteiger charge is 2.14. The number of benzene rings is 3. The minimum atomic E-state index is -0.0487. The van der Waals surface area contributed by atoms with E-state index in [1.54, 1.807) is 39.2 Å². The summed E-state index contributed by atoms with van der Waals surface area (Å²) in [5.41, 5.74) is 7.12.